The van der Waals surface area contributed by atoms with Crippen molar-refractivity contribution >= 4 is 16.9 Å². The van der Waals surface area contributed by atoms with E-state index in [4.69, 9.17) is 0 Å². The van der Waals surface area contributed by atoms with Gasteiger partial charge in [0, 0.05) is 24.5 Å². The maximum absolute atomic E-state index is 3.50. The molecule has 0 aliphatic carbocycles. The minimum absolute atomic E-state index is 0.796. The molecule has 0 spiro atoms. The molecule has 0 amide bonds. The molecule has 3 aromatic rings. The van der Waals surface area contributed by atoms with Gasteiger partial charge in [-0.25, -0.2) is 0 Å². The van der Waals surface area contributed by atoms with Gasteiger partial charge in [0.15, 0.2) is 0 Å². The van der Waals surface area contributed by atoms with Crippen LogP contribution in [0.1, 0.15) is 5.56 Å². The third-order valence-electron chi connectivity index (χ3n) is 3.83. The zero-order chi connectivity index (χ0) is 16.5. The first-order valence-corrected chi connectivity index (χ1v) is 8.24. The predicted octanol–water partition coefficient (Wildman–Crippen LogP) is 5.29. The molecule has 120 valence electrons. The van der Waals surface area contributed by atoms with Crippen LogP contribution in [0.5, 0.6) is 0 Å². The van der Waals surface area contributed by atoms with Gasteiger partial charge in [-0.1, -0.05) is 72.8 Å². The summed E-state index contributed by atoms with van der Waals surface area (Å²) in [6.07, 6.45) is 2.25. The van der Waals surface area contributed by atoms with Gasteiger partial charge in [0.2, 0.25) is 0 Å². The SMILES string of the molecule is C(/CNc1ccccc1)=C(/CNc1ccccc1)c1ccccc1. The molecule has 3 aromatic carbocycles. The lowest BCUT2D eigenvalue weighted by molar-refractivity contribution is 1.28. The highest BCUT2D eigenvalue weighted by molar-refractivity contribution is 5.70. The van der Waals surface area contributed by atoms with Crippen LogP contribution in [0, 0.1) is 0 Å². The highest BCUT2D eigenvalue weighted by atomic mass is 14.9. The Hall–Kier alpha value is -3.00. The van der Waals surface area contributed by atoms with E-state index in [1.165, 1.54) is 11.1 Å². The van der Waals surface area contributed by atoms with Gasteiger partial charge < -0.3 is 10.6 Å². The molecule has 0 fully saturated rings. The van der Waals surface area contributed by atoms with E-state index >= 15 is 0 Å². The molecule has 0 radical (unpaired) electrons. The summed E-state index contributed by atoms with van der Waals surface area (Å²) in [6.45, 7) is 1.59. The molecule has 0 aromatic heterocycles. The van der Waals surface area contributed by atoms with Crippen molar-refractivity contribution in [1.29, 1.82) is 0 Å². The Bertz CT molecular complexity index is 750. The number of hydrogen-bond donors (Lipinski definition) is 2. The second kappa shape index (κ2) is 8.59. The molecule has 0 aliphatic rings. The van der Waals surface area contributed by atoms with Crippen LogP contribution in [0.4, 0.5) is 11.4 Å². The Kier molecular flexibility index (Phi) is 5.68. The third kappa shape index (κ3) is 4.75. The summed E-state index contributed by atoms with van der Waals surface area (Å²) in [6, 6.07) is 31.1. The molecule has 0 unspecified atom stereocenters. The number of para-hydroxylation sites is 2. The summed E-state index contributed by atoms with van der Waals surface area (Å²) in [5.74, 6) is 0. The van der Waals surface area contributed by atoms with Crippen LogP contribution >= 0.6 is 0 Å². The average Bonchev–Trinajstić information content (AvgIpc) is 2.67. The van der Waals surface area contributed by atoms with Gasteiger partial charge in [0.25, 0.3) is 0 Å². The van der Waals surface area contributed by atoms with Crippen molar-refractivity contribution in [3.05, 3.63) is 103 Å². The van der Waals surface area contributed by atoms with Crippen molar-refractivity contribution in [3.8, 4) is 0 Å². The first-order valence-electron chi connectivity index (χ1n) is 8.24. The number of rotatable bonds is 7. The van der Waals surface area contributed by atoms with Crippen LogP contribution < -0.4 is 10.6 Å². The van der Waals surface area contributed by atoms with Gasteiger partial charge in [-0.3, -0.25) is 0 Å². The molecular formula is C22H22N2. The molecule has 0 aliphatic heterocycles. The van der Waals surface area contributed by atoms with E-state index in [0.717, 1.165) is 24.5 Å². The zero-order valence-electron chi connectivity index (χ0n) is 13.7. The smallest absolute Gasteiger partial charge is 0.0404 e. The number of anilines is 2. The Morgan fingerprint density at radius 1 is 0.625 bits per heavy atom. The largest absolute Gasteiger partial charge is 0.382 e. The van der Waals surface area contributed by atoms with Crippen LogP contribution in [-0.2, 0) is 0 Å². The molecule has 2 N–H and O–H groups in total. The van der Waals surface area contributed by atoms with Crippen LogP contribution in [-0.4, -0.2) is 13.1 Å². The number of benzene rings is 3. The lowest BCUT2D eigenvalue weighted by Gasteiger charge is -2.12. The van der Waals surface area contributed by atoms with Crippen molar-refractivity contribution < 1.29 is 0 Å². The molecule has 2 heteroatoms. The van der Waals surface area contributed by atoms with E-state index in [1.807, 2.05) is 42.5 Å². The van der Waals surface area contributed by atoms with Gasteiger partial charge in [-0.15, -0.1) is 0 Å². The highest BCUT2D eigenvalue weighted by Crippen LogP contribution is 2.16. The predicted molar refractivity (Wildman–Crippen MR) is 104 cm³/mol. The van der Waals surface area contributed by atoms with Crippen molar-refractivity contribution in [1.82, 2.24) is 0 Å². The molecule has 24 heavy (non-hydrogen) atoms. The van der Waals surface area contributed by atoms with Crippen LogP contribution in [0.2, 0.25) is 0 Å². The molecule has 2 nitrogen and oxygen atoms in total. The molecule has 0 bridgehead atoms. The normalized spacial score (nSPS) is 11.1. The summed E-state index contributed by atoms with van der Waals surface area (Å²) < 4.78 is 0. The lowest BCUT2D eigenvalue weighted by Crippen LogP contribution is -2.07. The maximum Gasteiger partial charge on any atom is 0.0404 e. The zero-order valence-corrected chi connectivity index (χ0v) is 13.7. The second-order valence-electron chi connectivity index (χ2n) is 5.56. The van der Waals surface area contributed by atoms with E-state index in [1.54, 1.807) is 0 Å². The first-order chi connectivity index (χ1) is 11.9. The number of nitrogens with one attached hydrogen (secondary N) is 2. The second-order valence-corrected chi connectivity index (χ2v) is 5.56. The van der Waals surface area contributed by atoms with E-state index < -0.39 is 0 Å². The Morgan fingerprint density at radius 2 is 1.12 bits per heavy atom. The topological polar surface area (TPSA) is 24.1 Å². The number of hydrogen-bond acceptors (Lipinski definition) is 2. The van der Waals surface area contributed by atoms with Gasteiger partial charge in [0.1, 0.15) is 0 Å². The van der Waals surface area contributed by atoms with E-state index in [2.05, 4.69) is 65.2 Å². The molecule has 0 saturated carbocycles. The lowest BCUT2D eigenvalue weighted by atomic mass is 10.1. The molecule has 3 rings (SSSR count). The monoisotopic (exact) mass is 314 g/mol. The molecular weight excluding hydrogens is 292 g/mol. The summed E-state index contributed by atoms with van der Waals surface area (Å²) in [5.41, 5.74) is 4.80. The van der Waals surface area contributed by atoms with E-state index in [-0.39, 0.29) is 0 Å². The molecule has 0 heterocycles. The fourth-order valence-electron chi connectivity index (χ4n) is 2.55. The van der Waals surface area contributed by atoms with E-state index in [0.29, 0.717) is 0 Å². The standard InChI is InChI=1S/C22H22N2/c1-4-10-19(11-5-1)20(18-24-22-14-8-3-9-15-22)16-17-23-21-12-6-2-7-13-21/h1-16,23-24H,17-18H2/b20-16+. The third-order valence-corrected chi connectivity index (χ3v) is 3.83. The van der Waals surface area contributed by atoms with Crippen molar-refractivity contribution in [2.45, 2.75) is 0 Å². The Morgan fingerprint density at radius 3 is 1.71 bits per heavy atom. The summed E-state index contributed by atoms with van der Waals surface area (Å²) in [5, 5.41) is 6.93. The molecule has 0 saturated heterocycles. The first kappa shape index (κ1) is 15.9. The quantitative estimate of drug-likeness (QED) is 0.619. The van der Waals surface area contributed by atoms with Gasteiger partial charge >= 0.3 is 0 Å². The van der Waals surface area contributed by atoms with Crippen molar-refractivity contribution in [2.75, 3.05) is 23.7 Å². The van der Waals surface area contributed by atoms with Crippen molar-refractivity contribution in [2.24, 2.45) is 0 Å². The summed E-state index contributed by atoms with van der Waals surface area (Å²) in [4.78, 5) is 0. The fourth-order valence-corrected chi connectivity index (χ4v) is 2.55. The maximum atomic E-state index is 3.50. The van der Waals surface area contributed by atoms with E-state index in [9.17, 15) is 0 Å². The van der Waals surface area contributed by atoms with Crippen LogP contribution in [0.25, 0.3) is 5.57 Å². The van der Waals surface area contributed by atoms with Gasteiger partial charge in [0.05, 0.1) is 0 Å². The van der Waals surface area contributed by atoms with Crippen LogP contribution in [0.3, 0.4) is 0 Å². The van der Waals surface area contributed by atoms with Crippen LogP contribution in [0.15, 0.2) is 97.1 Å². The minimum Gasteiger partial charge on any atom is -0.382 e. The summed E-state index contributed by atoms with van der Waals surface area (Å²) >= 11 is 0. The minimum atomic E-state index is 0.796. The summed E-state index contributed by atoms with van der Waals surface area (Å²) in [7, 11) is 0. The van der Waals surface area contributed by atoms with Gasteiger partial charge in [-0.2, -0.15) is 0 Å². The van der Waals surface area contributed by atoms with Gasteiger partial charge in [-0.05, 0) is 35.4 Å². The molecule has 0 atom stereocenters. The highest BCUT2D eigenvalue weighted by Gasteiger charge is 2.01. The Labute approximate surface area is 143 Å². The van der Waals surface area contributed by atoms with Crippen molar-refractivity contribution in [3.63, 3.8) is 0 Å². The average molecular weight is 314 g/mol. The fraction of sp³-hybridized carbons (Fsp3) is 0.0909. The Balaban J connectivity index is 1.68.